The van der Waals surface area contributed by atoms with Gasteiger partial charge in [-0.05, 0) is 49.4 Å². The first-order valence-electron chi connectivity index (χ1n) is 6.72. The lowest BCUT2D eigenvalue weighted by Gasteiger charge is -2.05. The molecule has 0 radical (unpaired) electrons. The summed E-state index contributed by atoms with van der Waals surface area (Å²) in [6.45, 7) is 3.92. The quantitative estimate of drug-likeness (QED) is 0.725. The molecular weight excluding hydrogens is 226 g/mol. The van der Waals surface area contributed by atoms with E-state index in [1.807, 2.05) is 0 Å². The van der Waals surface area contributed by atoms with Crippen molar-refractivity contribution in [1.82, 2.24) is 5.32 Å². The molecule has 3 nitrogen and oxygen atoms in total. The number of nitrogens with one attached hydrogen (secondary N) is 1. The Morgan fingerprint density at radius 3 is 2.56 bits per heavy atom. The predicted octanol–water partition coefficient (Wildman–Crippen LogP) is 2.10. The van der Waals surface area contributed by atoms with Gasteiger partial charge in [0, 0.05) is 0 Å². The van der Waals surface area contributed by atoms with E-state index in [9.17, 15) is 4.79 Å². The van der Waals surface area contributed by atoms with Crippen molar-refractivity contribution in [3.8, 4) is 0 Å². The smallest absolute Gasteiger partial charge is 0.306 e. The summed E-state index contributed by atoms with van der Waals surface area (Å²) >= 11 is 0. The van der Waals surface area contributed by atoms with Gasteiger partial charge in [-0.3, -0.25) is 4.79 Å². The molecule has 0 amide bonds. The molecule has 18 heavy (non-hydrogen) atoms. The Morgan fingerprint density at radius 1 is 1.33 bits per heavy atom. The SMILES string of the molecule is CCc1ccc(CCNCC2CC2C(=O)O)cc1. The first-order chi connectivity index (χ1) is 8.70. The Bertz CT molecular complexity index is 399. The highest BCUT2D eigenvalue weighted by molar-refractivity contribution is 5.73. The minimum absolute atomic E-state index is 0.0960. The third-order valence-electron chi connectivity index (χ3n) is 3.67. The lowest BCUT2D eigenvalue weighted by molar-refractivity contribution is -0.138. The van der Waals surface area contributed by atoms with Crippen molar-refractivity contribution < 1.29 is 9.90 Å². The number of benzene rings is 1. The number of carboxylic acid groups (broad SMARTS) is 1. The number of aryl methyl sites for hydroxylation is 1. The molecule has 0 bridgehead atoms. The molecular formula is C15H21NO2. The summed E-state index contributed by atoms with van der Waals surface area (Å²) in [5, 5.41) is 12.1. The van der Waals surface area contributed by atoms with Gasteiger partial charge in [0.2, 0.25) is 0 Å². The fourth-order valence-electron chi connectivity index (χ4n) is 2.24. The van der Waals surface area contributed by atoms with E-state index in [0.717, 1.165) is 32.4 Å². The number of hydrogen-bond donors (Lipinski definition) is 2. The van der Waals surface area contributed by atoms with Gasteiger partial charge < -0.3 is 10.4 Å². The summed E-state index contributed by atoms with van der Waals surface area (Å²) in [6.07, 6.45) is 2.93. The molecule has 1 aromatic rings. The van der Waals surface area contributed by atoms with Crippen molar-refractivity contribution in [2.24, 2.45) is 11.8 Å². The fraction of sp³-hybridized carbons (Fsp3) is 0.533. The molecule has 0 spiro atoms. The largest absolute Gasteiger partial charge is 0.481 e. The van der Waals surface area contributed by atoms with Gasteiger partial charge in [0.05, 0.1) is 5.92 Å². The minimum atomic E-state index is -0.642. The van der Waals surface area contributed by atoms with Gasteiger partial charge in [-0.25, -0.2) is 0 Å². The van der Waals surface area contributed by atoms with Crippen LogP contribution in [0.5, 0.6) is 0 Å². The normalized spacial score (nSPS) is 21.8. The Labute approximate surface area is 108 Å². The van der Waals surface area contributed by atoms with Crippen molar-refractivity contribution in [1.29, 1.82) is 0 Å². The average molecular weight is 247 g/mol. The van der Waals surface area contributed by atoms with E-state index in [4.69, 9.17) is 5.11 Å². The van der Waals surface area contributed by atoms with E-state index in [2.05, 4.69) is 36.5 Å². The monoisotopic (exact) mass is 247 g/mol. The molecule has 2 atom stereocenters. The second-order valence-electron chi connectivity index (χ2n) is 5.06. The summed E-state index contributed by atoms with van der Waals surface area (Å²) in [6, 6.07) is 8.71. The van der Waals surface area contributed by atoms with Crippen LogP contribution in [0.15, 0.2) is 24.3 Å². The molecule has 98 valence electrons. The second-order valence-corrected chi connectivity index (χ2v) is 5.06. The molecule has 1 saturated carbocycles. The van der Waals surface area contributed by atoms with Crippen molar-refractivity contribution in [2.75, 3.05) is 13.1 Å². The second kappa shape index (κ2) is 6.01. The summed E-state index contributed by atoms with van der Waals surface area (Å²) < 4.78 is 0. The van der Waals surface area contributed by atoms with E-state index >= 15 is 0 Å². The molecule has 0 aromatic heterocycles. The van der Waals surface area contributed by atoms with Crippen LogP contribution in [0.1, 0.15) is 24.5 Å². The van der Waals surface area contributed by atoms with Crippen LogP contribution in [0.3, 0.4) is 0 Å². The Balaban J connectivity index is 1.62. The summed E-state index contributed by atoms with van der Waals surface area (Å²) in [4.78, 5) is 10.7. The molecule has 2 N–H and O–H groups in total. The van der Waals surface area contributed by atoms with Crippen molar-refractivity contribution in [3.63, 3.8) is 0 Å². The van der Waals surface area contributed by atoms with E-state index in [-0.39, 0.29) is 5.92 Å². The predicted molar refractivity (Wildman–Crippen MR) is 71.6 cm³/mol. The van der Waals surface area contributed by atoms with Crippen molar-refractivity contribution in [2.45, 2.75) is 26.2 Å². The van der Waals surface area contributed by atoms with Gasteiger partial charge >= 0.3 is 5.97 Å². The average Bonchev–Trinajstić information content (AvgIpc) is 3.15. The van der Waals surface area contributed by atoms with Crippen LogP contribution in [0.4, 0.5) is 0 Å². The van der Waals surface area contributed by atoms with Crippen LogP contribution < -0.4 is 5.32 Å². The number of aliphatic carboxylic acids is 1. The Morgan fingerprint density at radius 2 is 2.00 bits per heavy atom. The third kappa shape index (κ3) is 3.57. The van der Waals surface area contributed by atoms with Crippen LogP contribution in [-0.4, -0.2) is 24.2 Å². The van der Waals surface area contributed by atoms with Crippen LogP contribution in [0.2, 0.25) is 0 Å². The minimum Gasteiger partial charge on any atom is -0.481 e. The molecule has 0 saturated heterocycles. The van der Waals surface area contributed by atoms with E-state index in [1.54, 1.807) is 0 Å². The lowest BCUT2D eigenvalue weighted by atomic mass is 10.1. The zero-order chi connectivity index (χ0) is 13.0. The standard InChI is InChI=1S/C15H21NO2/c1-2-11-3-5-12(6-4-11)7-8-16-10-13-9-14(13)15(17)18/h3-6,13-14,16H,2,7-10H2,1H3,(H,17,18). The Hall–Kier alpha value is -1.35. The summed E-state index contributed by atoms with van der Waals surface area (Å²) in [5.41, 5.74) is 2.71. The first kappa shape index (κ1) is 13.1. The first-order valence-corrected chi connectivity index (χ1v) is 6.72. The summed E-state index contributed by atoms with van der Waals surface area (Å²) in [5.74, 6) is -0.386. The zero-order valence-electron chi connectivity index (χ0n) is 10.9. The van der Waals surface area contributed by atoms with Gasteiger partial charge in [0.1, 0.15) is 0 Å². The van der Waals surface area contributed by atoms with Crippen molar-refractivity contribution >= 4 is 5.97 Å². The summed E-state index contributed by atoms with van der Waals surface area (Å²) in [7, 11) is 0. The van der Waals surface area contributed by atoms with Gasteiger partial charge in [0.25, 0.3) is 0 Å². The van der Waals surface area contributed by atoms with Crippen molar-refractivity contribution in [3.05, 3.63) is 35.4 Å². The molecule has 1 aliphatic rings. The van der Waals surface area contributed by atoms with Gasteiger partial charge in [-0.1, -0.05) is 31.2 Å². The topological polar surface area (TPSA) is 49.3 Å². The molecule has 0 heterocycles. The van der Waals surface area contributed by atoms with Crippen LogP contribution in [0, 0.1) is 11.8 Å². The zero-order valence-corrected chi connectivity index (χ0v) is 10.9. The molecule has 2 unspecified atom stereocenters. The highest BCUT2D eigenvalue weighted by atomic mass is 16.4. The highest BCUT2D eigenvalue weighted by Crippen LogP contribution is 2.37. The van der Waals surface area contributed by atoms with E-state index in [1.165, 1.54) is 11.1 Å². The van der Waals surface area contributed by atoms with Crippen LogP contribution in [-0.2, 0) is 17.6 Å². The van der Waals surface area contributed by atoms with Crippen LogP contribution >= 0.6 is 0 Å². The van der Waals surface area contributed by atoms with Gasteiger partial charge in [-0.2, -0.15) is 0 Å². The number of hydrogen-bond acceptors (Lipinski definition) is 2. The maximum atomic E-state index is 10.7. The molecule has 1 fully saturated rings. The van der Waals surface area contributed by atoms with Gasteiger partial charge in [0.15, 0.2) is 0 Å². The fourth-order valence-corrected chi connectivity index (χ4v) is 2.24. The van der Waals surface area contributed by atoms with Gasteiger partial charge in [-0.15, -0.1) is 0 Å². The number of rotatable bonds is 7. The molecule has 1 aliphatic carbocycles. The highest BCUT2D eigenvalue weighted by Gasteiger charge is 2.42. The van der Waals surface area contributed by atoms with E-state index < -0.39 is 5.97 Å². The third-order valence-corrected chi connectivity index (χ3v) is 3.67. The Kier molecular flexibility index (Phi) is 4.37. The van der Waals surface area contributed by atoms with E-state index in [0.29, 0.717) is 5.92 Å². The molecule has 2 rings (SSSR count). The molecule has 1 aromatic carbocycles. The number of carboxylic acids is 1. The molecule has 0 aliphatic heterocycles. The lowest BCUT2D eigenvalue weighted by Crippen LogP contribution is -2.21. The van der Waals surface area contributed by atoms with Crippen LogP contribution in [0.25, 0.3) is 0 Å². The maximum absolute atomic E-state index is 10.7. The maximum Gasteiger partial charge on any atom is 0.306 e. The molecule has 3 heteroatoms. The number of carbonyl (C=O) groups is 1.